The molecule has 230 valence electrons. The number of anilines is 2. The smallest absolute Gasteiger partial charge is 0.253 e. The lowest BCUT2D eigenvalue weighted by atomic mass is 10.1. The van der Waals surface area contributed by atoms with Gasteiger partial charge in [0.25, 0.3) is 5.91 Å². The van der Waals surface area contributed by atoms with Crippen LogP contribution in [0.15, 0.2) is 60.7 Å². The van der Waals surface area contributed by atoms with Crippen molar-refractivity contribution in [2.75, 3.05) is 38.0 Å². The fraction of sp³-hybridized carbons (Fsp3) is 0.514. The van der Waals surface area contributed by atoms with Crippen LogP contribution in [0.5, 0.6) is 0 Å². The zero-order valence-corrected chi connectivity index (χ0v) is 26.8. The molecule has 3 aromatic carbocycles. The molecule has 0 unspecified atom stereocenters. The molecule has 0 aliphatic carbocycles. The van der Waals surface area contributed by atoms with Gasteiger partial charge in [-0.2, -0.15) is 0 Å². The minimum Gasteiger partial charge on any atom is -0.339 e. The van der Waals surface area contributed by atoms with E-state index in [2.05, 4.69) is 95.9 Å². The lowest BCUT2D eigenvalue weighted by molar-refractivity contribution is 0.0741. The summed E-state index contributed by atoms with van der Waals surface area (Å²) in [6.07, 6.45) is 8.38. The van der Waals surface area contributed by atoms with Crippen LogP contribution in [0.1, 0.15) is 83.0 Å². The van der Waals surface area contributed by atoms with E-state index in [9.17, 15) is 4.79 Å². The van der Waals surface area contributed by atoms with Gasteiger partial charge in [0.15, 0.2) is 0 Å². The Morgan fingerprint density at radius 2 is 1.56 bits per heavy atom. The van der Waals surface area contributed by atoms with E-state index in [1.165, 1.54) is 49.5 Å². The first kappa shape index (κ1) is 31.1. The third-order valence-electron chi connectivity index (χ3n) is 8.83. The van der Waals surface area contributed by atoms with Crippen LogP contribution in [0, 0.1) is 11.8 Å². The van der Waals surface area contributed by atoms with Gasteiger partial charge in [0.2, 0.25) is 5.95 Å². The lowest BCUT2D eigenvalue weighted by Gasteiger charge is -2.25. The van der Waals surface area contributed by atoms with Crippen molar-refractivity contribution in [1.82, 2.24) is 19.4 Å². The van der Waals surface area contributed by atoms with Crippen molar-refractivity contribution in [2.24, 2.45) is 11.8 Å². The number of nitrogens with zero attached hydrogens (tertiary/aromatic N) is 4. The van der Waals surface area contributed by atoms with E-state index in [0.717, 1.165) is 73.7 Å². The molecule has 1 saturated heterocycles. The molecule has 6 heteroatoms. The normalized spacial score (nSPS) is 14.6. The second kappa shape index (κ2) is 14.9. The molecule has 2 heterocycles. The number of hydrogen-bond donors (Lipinski definition) is 1. The van der Waals surface area contributed by atoms with Crippen molar-refractivity contribution in [3.05, 3.63) is 66.2 Å². The zero-order valence-electron chi connectivity index (χ0n) is 26.8. The minimum atomic E-state index is 0.129. The quantitative estimate of drug-likeness (QED) is 0.172. The number of fused-ring (bicyclic) bond motifs is 2. The van der Waals surface area contributed by atoms with Gasteiger partial charge in [0.05, 0.1) is 11.0 Å². The van der Waals surface area contributed by atoms with E-state index in [1.54, 1.807) is 0 Å². The first-order chi connectivity index (χ1) is 20.9. The van der Waals surface area contributed by atoms with E-state index in [4.69, 9.17) is 4.98 Å². The van der Waals surface area contributed by atoms with Crippen LogP contribution in [0.3, 0.4) is 0 Å². The Labute approximate surface area is 258 Å². The summed E-state index contributed by atoms with van der Waals surface area (Å²) >= 11 is 0. The van der Waals surface area contributed by atoms with Gasteiger partial charge in [-0.15, -0.1) is 0 Å². The number of rotatable bonds is 13. The number of amides is 1. The van der Waals surface area contributed by atoms with Gasteiger partial charge in [-0.1, -0.05) is 76.9 Å². The molecule has 0 radical (unpaired) electrons. The van der Waals surface area contributed by atoms with Gasteiger partial charge in [-0.3, -0.25) is 4.79 Å². The van der Waals surface area contributed by atoms with Gasteiger partial charge in [0.1, 0.15) is 0 Å². The Balaban J connectivity index is 1.46. The van der Waals surface area contributed by atoms with Crippen molar-refractivity contribution in [1.29, 1.82) is 0 Å². The Hall–Kier alpha value is -3.38. The molecular formula is C37H51N5O. The predicted octanol–water partition coefficient (Wildman–Crippen LogP) is 8.73. The predicted molar refractivity (Wildman–Crippen MR) is 181 cm³/mol. The van der Waals surface area contributed by atoms with Crippen LogP contribution in [0.4, 0.5) is 11.6 Å². The van der Waals surface area contributed by atoms with Crippen LogP contribution in [-0.2, 0) is 6.54 Å². The highest BCUT2D eigenvalue weighted by Crippen LogP contribution is 2.29. The third-order valence-corrected chi connectivity index (χ3v) is 8.83. The summed E-state index contributed by atoms with van der Waals surface area (Å²) in [7, 11) is 0. The largest absolute Gasteiger partial charge is 0.339 e. The van der Waals surface area contributed by atoms with Crippen LogP contribution >= 0.6 is 0 Å². The summed E-state index contributed by atoms with van der Waals surface area (Å²) in [6.45, 7) is 14.8. The topological polar surface area (TPSA) is 53.4 Å². The molecule has 1 aliphatic rings. The van der Waals surface area contributed by atoms with Crippen molar-refractivity contribution < 1.29 is 4.79 Å². The van der Waals surface area contributed by atoms with E-state index < -0.39 is 0 Å². The molecule has 1 aliphatic heterocycles. The summed E-state index contributed by atoms with van der Waals surface area (Å²) in [6, 6.07) is 20.9. The second-order valence-corrected chi connectivity index (χ2v) is 13.2. The summed E-state index contributed by atoms with van der Waals surface area (Å²) in [5, 5.41) is 6.06. The van der Waals surface area contributed by atoms with Crippen molar-refractivity contribution in [3.63, 3.8) is 0 Å². The fourth-order valence-electron chi connectivity index (χ4n) is 6.17. The van der Waals surface area contributed by atoms with Crippen LogP contribution in [0.25, 0.3) is 21.8 Å². The molecule has 1 fully saturated rings. The monoisotopic (exact) mass is 581 g/mol. The molecule has 4 aromatic rings. The molecule has 5 rings (SSSR count). The molecule has 0 bridgehead atoms. The third kappa shape index (κ3) is 8.17. The molecule has 0 atom stereocenters. The SMILES string of the molecule is CC(C)CCN(CCC(C)C)C(=O)c1ccc2nc(Nc3cccc4ccccc34)n(CCCN3CCCCCC3)c2c1. The number of aryl methyl sites for hydroxylation is 1. The van der Waals surface area contributed by atoms with Crippen LogP contribution < -0.4 is 5.32 Å². The molecule has 0 saturated carbocycles. The molecule has 6 nitrogen and oxygen atoms in total. The number of nitrogens with one attached hydrogen (secondary N) is 1. The Morgan fingerprint density at radius 1 is 0.860 bits per heavy atom. The van der Waals surface area contributed by atoms with Gasteiger partial charge < -0.3 is 19.7 Å². The van der Waals surface area contributed by atoms with Crippen LogP contribution in [0.2, 0.25) is 0 Å². The summed E-state index contributed by atoms with van der Waals surface area (Å²) in [5.41, 5.74) is 3.75. The maximum atomic E-state index is 13.9. The highest BCUT2D eigenvalue weighted by Gasteiger charge is 2.20. The summed E-state index contributed by atoms with van der Waals surface area (Å²) in [4.78, 5) is 23.7. The second-order valence-electron chi connectivity index (χ2n) is 13.2. The molecule has 1 aromatic heterocycles. The lowest BCUT2D eigenvalue weighted by Crippen LogP contribution is -2.34. The van der Waals surface area contributed by atoms with E-state index in [-0.39, 0.29) is 5.91 Å². The minimum absolute atomic E-state index is 0.129. The standard InChI is InChI=1S/C37H51N5O/c1-28(2)19-25-41(26-20-29(3)4)36(43)31-17-18-34-35(27-31)42(24-12-23-40-21-9-5-6-10-22-40)37(39-34)38-33-16-11-14-30-13-7-8-15-32(30)33/h7-8,11,13-18,27-29H,5-6,9-10,12,19-26H2,1-4H3,(H,38,39). The first-order valence-electron chi connectivity index (χ1n) is 16.7. The van der Waals surface area contributed by atoms with E-state index >= 15 is 0 Å². The van der Waals surface area contributed by atoms with Crippen molar-refractivity contribution >= 4 is 39.3 Å². The summed E-state index contributed by atoms with van der Waals surface area (Å²) in [5.74, 6) is 2.09. The fourth-order valence-corrected chi connectivity index (χ4v) is 6.17. The Bertz CT molecular complexity index is 1460. The van der Waals surface area contributed by atoms with E-state index in [0.29, 0.717) is 11.8 Å². The summed E-state index contributed by atoms with van der Waals surface area (Å²) < 4.78 is 2.30. The number of likely N-dealkylation sites (tertiary alicyclic amines) is 1. The molecule has 1 amide bonds. The average molecular weight is 582 g/mol. The zero-order chi connectivity index (χ0) is 30.2. The van der Waals surface area contributed by atoms with Crippen molar-refractivity contribution in [2.45, 2.75) is 79.2 Å². The molecule has 1 N–H and O–H groups in total. The van der Waals surface area contributed by atoms with Gasteiger partial charge in [0, 0.05) is 36.3 Å². The highest BCUT2D eigenvalue weighted by molar-refractivity contribution is 5.98. The van der Waals surface area contributed by atoms with Gasteiger partial charge in [-0.25, -0.2) is 4.98 Å². The Kier molecular flexibility index (Phi) is 10.7. The number of carbonyl (C=O) groups is 1. The Morgan fingerprint density at radius 3 is 2.28 bits per heavy atom. The first-order valence-corrected chi connectivity index (χ1v) is 16.7. The maximum Gasteiger partial charge on any atom is 0.253 e. The number of imidazole rings is 1. The highest BCUT2D eigenvalue weighted by atomic mass is 16.2. The van der Waals surface area contributed by atoms with Gasteiger partial charge >= 0.3 is 0 Å². The molecule has 0 spiro atoms. The van der Waals surface area contributed by atoms with Crippen molar-refractivity contribution in [3.8, 4) is 0 Å². The maximum absolute atomic E-state index is 13.9. The van der Waals surface area contributed by atoms with Crippen LogP contribution in [-0.4, -0.2) is 58.0 Å². The number of hydrogen-bond acceptors (Lipinski definition) is 4. The molecule has 43 heavy (non-hydrogen) atoms. The number of carbonyl (C=O) groups excluding carboxylic acids is 1. The average Bonchev–Trinajstić information content (AvgIpc) is 3.14. The number of aromatic nitrogens is 2. The van der Waals surface area contributed by atoms with Gasteiger partial charge in [-0.05, 0) is 93.2 Å². The number of benzene rings is 3. The molecular weight excluding hydrogens is 530 g/mol. The van der Waals surface area contributed by atoms with E-state index in [1.807, 2.05) is 12.1 Å².